The zero-order valence-corrected chi connectivity index (χ0v) is 27.6. The van der Waals surface area contributed by atoms with Crippen molar-refractivity contribution in [2.24, 2.45) is 0 Å². The van der Waals surface area contributed by atoms with E-state index in [2.05, 4.69) is 0 Å². The average molecular weight is 713 g/mol. The molecular weight excluding hydrogens is 680 g/mol. The van der Waals surface area contributed by atoms with Gasteiger partial charge in [0, 0.05) is 29.3 Å². The van der Waals surface area contributed by atoms with Crippen LogP contribution in [-0.4, -0.2) is 46.0 Å². The fourth-order valence-corrected chi connectivity index (χ4v) is 7.41. The molecule has 0 aromatic heterocycles. The number of aromatic hydroxyl groups is 9. The van der Waals surface area contributed by atoms with Crippen LogP contribution in [0.25, 0.3) is 12.2 Å². The van der Waals surface area contributed by atoms with Crippen LogP contribution < -0.4 is 9.47 Å². The molecule has 4 atom stereocenters. The van der Waals surface area contributed by atoms with Crippen LogP contribution in [0, 0.1) is 0 Å². The van der Waals surface area contributed by atoms with Crippen LogP contribution in [-0.2, 0) is 0 Å². The van der Waals surface area contributed by atoms with Gasteiger partial charge >= 0.3 is 0 Å². The SMILES string of the molecule is Oc1ccc(/C=C\c2c3c(cc4c2[C@H](c2cc(O)cc(O)c2)[C@@H](c2ccc(O)c(O)c2)O4)O[C@H](c2ccc(O)c(O)c2)[C@H]3c2cc(O)cc(O)c2)cc1. The fourth-order valence-electron chi connectivity index (χ4n) is 7.41. The van der Waals surface area contributed by atoms with E-state index in [1.165, 1.54) is 60.7 Å². The second-order valence-corrected chi connectivity index (χ2v) is 13.1. The van der Waals surface area contributed by atoms with Crippen LogP contribution in [0.4, 0.5) is 0 Å². The molecule has 6 aromatic rings. The van der Waals surface area contributed by atoms with E-state index < -0.39 is 24.0 Å². The summed E-state index contributed by atoms with van der Waals surface area (Å²) in [5.41, 5.74) is 4.40. The molecule has 0 aliphatic carbocycles. The van der Waals surface area contributed by atoms with E-state index in [-0.39, 0.29) is 51.7 Å². The van der Waals surface area contributed by atoms with E-state index >= 15 is 0 Å². The number of ether oxygens (including phenoxy) is 2. The molecule has 0 fully saturated rings. The van der Waals surface area contributed by atoms with Crippen LogP contribution in [0.1, 0.15) is 68.6 Å². The Morgan fingerprint density at radius 2 is 0.811 bits per heavy atom. The van der Waals surface area contributed by atoms with Gasteiger partial charge in [-0.2, -0.15) is 0 Å². The predicted molar refractivity (Wildman–Crippen MR) is 193 cm³/mol. The first kappa shape index (κ1) is 33.0. The van der Waals surface area contributed by atoms with Gasteiger partial charge in [0.1, 0.15) is 52.5 Å². The second kappa shape index (κ2) is 12.6. The zero-order valence-electron chi connectivity index (χ0n) is 27.6. The monoisotopic (exact) mass is 712 g/mol. The molecule has 9 N–H and O–H groups in total. The van der Waals surface area contributed by atoms with Crippen LogP contribution >= 0.6 is 0 Å². The Balaban J connectivity index is 1.42. The topological polar surface area (TPSA) is 201 Å². The van der Waals surface area contributed by atoms with Gasteiger partial charge < -0.3 is 55.4 Å². The minimum atomic E-state index is -0.853. The van der Waals surface area contributed by atoms with E-state index in [0.29, 0.717) is 50.4 Å². The minimum Gasteiger partial charge on any atom is -0.508 e. The maximum absolute atomic E-state index is 10.7. The first-order chi connectivity index (χ1) is 25.4. The number of hydrogen-bond donors (Lipinski definition) is 9. The maximum atomic E-state index is 10.7. The number of benzene rings is 6. The van der Waals surface area contributed by atoms with E-state index in [4.69, 9.17) is 9.47 Å². The third kappa shape index (κ3) is 5.93. The van der Waals surface area contributed by atoms with Gasteiger partial charge in [0.2, 0.25) is 0 Å². The van der Waals surface area contributed by atoms with Crippen molar-refractivity contribution in [3.8, 4) is 63.2 Å². The fraction of sp³-hybridized carbons (Fsp3) is 0.0952. The molecule has 11 nitrogen and oxygen atoms in total. The Morgan fingerprint density at radius 1 is 0.377 bits per heavy atom. The molecule has 2 heterocycles. The van der Waals surface area contributed by atoms with Gasteiger partial charge in [0.15, 0.2) is 23.0 Å². The van der Waals surface area contributed by atoms with Crippen molar-refractivity contribution in [3.05, 3.63) is 148 Å². The zero-order chi connectivity index (χ0) is 37.1. The highest BCUT2D eigenvalue weighted by atomic mass is 16.5. The molecular formula is C42H32O11. The quantitative estimate of drug-likeness (QED) is 0.0604. The molecule has 266 valence electrons. The van der Waals surface area contributed by atoms with E-state index in [1.807, 2.05) is 12.2 Å². The average Bonchev–Trinajstić information content (AvgIpc) is 3.68. The molecule has 0 unspecified atom stereocenters. The highest BCUT2D eigenvalue weighted by Crippen LogP contribution is 2.60. The highest BCUT2D eigenvalue weighted by molar-refractivity contribution is 5.80. The number of phenolic OH excluding ortho intramolecular Hbond substituents is 9. The molecule has 0 amide bonds. The number of fused-ring (bicyclic) bond motifs is 2. The van der Waals surface area contributed by atoms with Gasteiger partial charge in [-0.25, -0.2) is 0 Å². The summed E-state index contributed by atoms with van der Waals surface area (Å²) in [6.07, 6.45) is 1.96. The molecule has 0 radical (unpaired) electrons. The standard InChI is InChI=1S/C42H32O11/c43-25-6-1-20(2-7-25)3-8-30-39-35(52-41(21-4-9-31(48)33(50)15-21)37(39)23-11-26(44)17-27(45)12-23)19-36-40(30)38(24-13-28(46)18-29(47)14-24)42(53-36)22-5-10-32(49)34(51)16-22/h1-19,37-38,41-51H/b8-3-/t37-,38-,41+,42+/m0/s1. The van der Waals surface area contributed by atoms with Crippen molar-refractivity contribution < 1.29 is 55.4 Å². The van der Waals surface area contributed by atoms with Crippen molar-refractivity contribution >= 4 is 12.2 Å². The van der Waals surface area contributed by atoms with Gasteiger partial charge in [-0.3, -0.25) is 0 Å². The first-order valence-electron chi connectivity index (χ1n) is 16.5. The normalized spacial score (nSPS) is 18.7. The lowest BCUT2D eigenvalue weighted by Crippen LogP contribution is -2.14. The first-order valence-corrected chi connectivity index (χ1v) is 16.5. The van der Waals surface area contributed by atoms with Crippen LogP contribution in [0.5, 0.6) is 63.2 Å². The minimum absolute atomic E-state index is 0.0814. The summed E-state index contributed by atoms with van der Waals surface area (Å²) in [5.74, 6) is -2.89. The molecule has 53 heavy (non-hydrogen) atoms. The van der Waals surface area contributed by atoms with E-state index in [1.54, 1.807) is 42.5 Å². The van der Waals surface area contributed by atoms with Gasteiger partial charge in [-0.15, -0.1) is 0 Å². The molecule has 8 rings (SSSR count). The van der Waals surface area contributed by atoms with Crippen molar-refractivity contribution in [3.63, 3.8) is 0 Å². The summed E-state index contributed by atoms with van der Waals surface area (Å²) in [5, 5.41) is 93.9. The maximum Gasteiger partial charge on any atom is 0.157 e. The van der Waals surface area contributed by atoms with Gasteiger partial charge in [-0.05, 0) is 94.0 Å². The molecule has 0 saturated carbocycles. The Hall–Kier alpha value is -7.14. The summed E-state index contributed by atoms with van der Waals surface area (Å²) in [6.45, 7) is 0. The van der Waals surface area contributed by atoms with Crippen molar-refractivity contribution in [2.75, 3.05) is 0 Å². The van der Waals surface area contributed by atoms with Gasteiger partial charge in [-0.1, -0.05) is 36.4 Å². The van der Waals surface area contributed by atoms with Crippen LogP contribution in [0.3, 0.4) is 0 Å². The number of rotatable bonds is 6. The van der Waals surface area contributed by atoms with Crippen molar-refractivity contribution in [1.29, 1.82) is 0 Å². The molecule has 2 aliphatic heterocycles. The lowest BCUT2D eigenvalue weighted by molar-refractivity contribution is 0.212. The predicted octanol–water partition coefficient (Wildman–Crippen LogP) is 7.74. The molecule has 2 aliphatic rings. The number of hydrogen-bond acceptors (Lipinski definition) is 11. The summed E-state index contributed by atoms with van der Waals surface area (Å²) in [7, 11) is 0. The van der Waals surface area contributed by atoms with Crippen molar-refractivity contribution in [1.82, 2.24) is 0 Å². The molecule has 0 saturated heterocycles. The molecule has 11 heteroatoms. The summed E-state index contributed by atoms with van der Waals surface area (Å²) in [6, 6.07) is 25.3. The molecule has 0 bridgehead atoms. The third-order valence-corrected chi connectivity index (χ3v) is 9.67. The van der Waals surface area contributed by atoms with Crippen LogP contribution in [0.15, 0.2) is 103 Å². The summed E-state index contributed by atoms with van der Waals surface area (Å²) >= 11 is 0. The lowest BCUT2D eigenvalue weighted by atomic mass is 9.77. The van der Waals surface area contributed by atoms with Crippen LogP contribution in [0.2, 0.25) is 0 Å². The summed E-state index contributed by atoms with van der Waals surface area (Å²) in [4.78, 5) is 0. The lowest BCUT2D eigenvalue weighted by Gasteiger charge is -2.24. The van der Waals surface area contributed by atoms with Gasteiger partial charge in [0.05, 0.1) is 11.8 Å². The number of phenols is 9. The highest BCUT2D eigenvalue weighted by Gasteiger charge is 2.46. The van der Waals surface area contributed by atoms with Crippen molar-refractivity contribution in [2.45, 2.75) is 24.0 Å². The smallest absolute Gasteiger partial charge is 0.157 e. The Bertz CT molecular complexity index is 2260. The third-order valence-electron chi connectivity index (χ3n) is 9.67. The molecule has 0 spiro atoms. The van der Waals surface area contributed by atoms with E-state index in [9.17, 15) is 46.0 Å². The Kier molecular flexibility index (Phi) is 7.83. The Labute approximate surface area is 302 Å². The molecule has 6 aromatic carbocycles. The summed E-state index contributed by atoms with van der Waals surface area (Å²) < 4.78 is 13.3. The Morgan fingerprint density at radius 3 is 1.23 bits per heavy atom. The van der Waals surface area contributed by atoms with Gasteiger partial charge in [0.25, 0.3) is 0 Å². The second-order valence-electron chi connectivity index (χ2n) is 13.1. The largest absolute Gasteiger partial charge is 0.508 e. The van der Waals surface area contributed by atoms with E-state index in [0.717, 1.165) is 5.56 Å².